The van der Waals surface area contributed by atoms with Crippen LogP contribution in [0.15, 0.2) is 22.6 Å². The number of anilines is 1. The second-order valence-electron chi connectivity index (χ2n) is 7.74. The summed E-state index contributed by atoms with van der Waals surface area (Å²) in [5.74, 6) is 2.58. The molecule has 0 saturated carbocycles. The molecule has 0 atom stereocenters. The van der Waals surface area contributed by atoms with Crippen molar-refractivity contribution in [2.75, 3.05) is 58.5 Å². The van der Waals surface area contributed by atoms with E-state index in [-0.39, 0.29) is 5.91 Å². The van der Waals surface area contributed by atoms with Crippen LogP contribution < -0.4 is 14.4 Å². The summed E-state index contributed by atoms with van der Waals surface area (Å²) in [7, 11) is 3.24. The van der Waals surface area contributed by atoms with E-state index in [1.54, 1.807) is 25.2 Å². The number of furan rings is 1. The highest BCUT2D eigenvalue weighted by molar-refractivity contribution is 7.22. The number of rotatable bonds is 8. The molecule has 2 aromatic heterocycles. The Morgan fingerprint density at radius 3 is 2.56 bits per heavy atom. The summed E-state index contributed by atoms with van der Waals surface area (Å²) < 4.78 is 22.9. The SMILES string of the molecule is COc1ccc(OC)c2sc(N(CCCN3CCOCC3)C(=O)c3cc(C)oc3C)nc12. The highest BCUT2D eigenvalue weighted by Gasteiger charge is 2.26. The molecule has 8 nitrogen and oxygen atoms in total. The standard InChI is InChI=1S/C23H29N3O5S/c1-15-14-17(16(2)31-15)22(27)26(9-5-8-25-10-12-30-13-11-25)23-24-20-18(28-3)6-7-19(29-4)21(20)32-23/h6-7,14H,5,8-13H2,1-4H3. The zero-order chi connectivity index (χ0) is 22.7. The molecular formula is C23H29N3O5S. The fourth-order valence-electron chi connectivity index (χ4n) is 3.94. The number of benzene rings is 1. The maximum atomic E-state index is 13.6. The lowest BCUT2D eigenvalue weighted by molar-refractivity contribution is 0.0376. The molecule has 3 heterocycles. The molecule has 1 saturated heterocycles. The van der Waals surface area contributed by atoms with Gasteiger partial charge in [0.2, 0.25) is 0 Å². The van der Waals surface area contributed by atoms with E-state index in [1.165, 1.54) is 11.3 Å². The van der Waals surface area contributed by atoms with Crippen molar-refractivity contribution >= 4 is 32.6 Å². The van der Waals surface area contributed by atoms with E-state index in [0.29, 0.717) is 45.8 Å². The molecule has 1 aromatic carbocycles. The molecule has 1 aliphatic rings. The van der Waals surface area contributed by atoms with E-state index in [9.17, 15) is 4.79 Å². The van der Waals surface area contributed by atoms with Crippen molar-refractivity contribution in [3.8, 4) is 11.5 Å². The van der Waals surface area contributed by atoms with Gasteiger partial charge in [-0.15, -0.1) is 0 Å². The Morgan fingerprint density at radius 1 is 1.19 bits per heavy atom. The number of morpholine rings is 1. The molecule has 1 aliphatic heterocycles. The quantitative estimate of drug-likeness (QED) is 0.506. The predicted octanol–water partition coefficient (Wildman–Crippen LogP) is 3.89. The van der Waals surface area contributed by atoms with Gasteiger partial charge in [-0.2, -0.15) is 0 Å². The molecular weight excluding hydrogens is 430 g/mol. The molecule has 4 rings (SSSR count). The summed E-state index contributed by atoms with van der Waals surface area (Å²) in [6, 6.07) is 5.48. The summed E-state index contributed by atoms with van der Waals surface area (Å²) in [5.41, 5.74) is 1.25. The summed E-state index contributed by atoms with van der Waals surface area (Å²) in [4.78, 5) is 22.5. The van der Waals surface area contributed by atoms with Crippen molar-refractivity contribution in [1.82, 2.24) is 9.88 Å². The minimum absolute atomic E-state index is 0.113. The Kier molecular flexibility index (Phi) is 6.98. The van der Waals surface area contributed by atoms with Crippen molar-refractivity contribution < 1.29 is 23.4 Å². The van der Waals surface area contributed by atoms with Crippen LogP contribution in [0.4, 0.5) is 5.13 Å². The number of fused-ring (bicyclic) bond motifs is 1. The molecule has 172 valence electrons. The minimum atomic E-state index is -0.113. The lowest BCUT2D eigenvalue weighted by atomic mass is 10.2. The van der Waals surface area contributed by atoms with Gasteiger partial charge in [0.1, 0.15) is 33.2 Å². The van der Waals surface area contributed by atoms with Crippen molar-refractivity contribution in [2.45, 2.75) is 20.3 Å². The maximum Gasteiger partial charge on any atom is 0.263 e. The van der Waals surface area contributed by atoms with Crippen LogP contribution in [-0.2, 0) is 4.74 Å². The summed E-state index contributed by atoms with van der Waals surface area (Å²) in [6.07, 6.45) is 0.825. The first-order valence-electron chi connectivity index (χ1n) is 10.7. The third-order valence-electron chi connectivity index (χ3n) is 5.61. The van der Waals surface area contributed by atoms with Gasteiger partial charge in [-0.25, -0.2) is 4.98 Å². The molecule has 3 aromatic rings. The number of carbonyl (C=O) groups excluding carboxylic acids is 1. The van der Waals surface area contributed by atoms with Gasteiger partial charge < -0.3 is 18.6 Å². The van der Waals surface area contributed by atoms with Gasteiger partial charge in [0.15, 0.2) is 5.13 Å². The van der Waals surface area contributed by atoms with Gasteiger partial charge in [-0.3, -0.25) is 14.6 Å². The second-order valence-corrected chi connectivity index (χ2v) is 8.71. The fourth-order valence-corrected chi connectivity index (χ4v) is 5.04. The van der Waals surface area contributed by atoms with Gasteiger partial charge in [0, 0.05) is 26.2 Å². The first kappa shape index (κ1) is 22.6. The topological polar surface area (TPSA) is 77.3 Å². The van der Waals surface area contributed by atoms with Crippen LogP contribution >= 0.6 is 11.3 Å². The van der Waals surface area contributed by atoms with E-state index < -0.39 is 0 Å². The van der Waals surface area contributed by atoms with Gasteiger partial charge >= 0.3 is 0 Å². The lowest BCUT2D eigenvalue weighted by Crippen LogP contribution is -2.39. The van der Waals surface area contributed by atoms with Crippen LogP contribution in [0.2, 0.25) is 0 Å². The number of aromatic nitrogens is 1. The van der Waals surface area contributed by atoms with Crippen LogP contribution in [-0.4, -0.2) is 69.4 Å². The number of nitrogens with zero attached hydrogens (tertiary/aromatic N) is 3. The number of hydrogen-bond acceptors (Lipinski definition) is 8. The van der Waals surface area contributed by atoms with Gasteiger partial charge in [0.25, 0.3) is 5.91 Å². The third-order valence-corrected chi connectivity index (χ3v) is 6.70. The van der Waals surface area contributed by atoms with Crippen molar-refractivity contribution in [1.29, 1.82) is 0 Å². The molecule has 0 spiro atoms. The number of hydrogen-bond donors (Lipinski definition) is 0. The number of amides is 1. The van der Waals surface area contributed by atoms with E-state index >= 15 is 0 Å². The van der Waals surface area contributed by atoms with Gasteiger partial charge in [-0.05, 0) is 38.5 Å². The fraction of sp³-hybridized carbons (Fsp3) is 0.478. The Labute approximate surface area is 191 Å². The number of ether oxygens (including phenoxy) is 3. The molecule has 0 unspecified atom stereocenters. The molecule has 0 N–H and O–H groups in total. The third kappa shape index (κ3) is 4.60. The van der Waals surface area contributed by atoms with Gasteiger partial charge in [-0.1, -0.05) is 11.3 Å². The number of methoxy groups -OCH3 is 2. The first-order chi connectivity index (χ1) is 15.5. The van der Waals surface area contributed by atoms with Crippen LogP contribution in [0, 0.1) is 13.8 Å². The van der Waals surface area contributed by atoms with E-state index in [1.807, 2.05) is 26.0 Å². The Bertz CT molecular complexity index is 1050. The number of aryl methyl sites for hydroxylation is 2. The molecule has 1 amide bonds. The minimum Gasteiger partial charge on any atom is -0.495 e. The molecule has 0 aliphatic carbocycles. The van der Waals surface area contributed by atoms with Crippen LogP contribution in [0.1, 0.15) is 28.3 Å². The Balaban J connectivity index is 1.66. The van der Waals surface area contributed by atoms with Crippen LogP contribution in [0.25, 0.3) is 10.2 Å². The zero-order valence-electron chi connectivity index (χ0n) is 19.0. The van der Waals surface area contributed by atoms with Crippen molar-refractivity contribution in [3.05, 3.63) is 35.3 Å². The highest BCUT2D eigenvalue weighted by atomic mass is 32.1. The second kappa shape index (κ2) is 9.89. The highest BCUT2D eigenvalue weighted by Crippen LogP contribution is 2.40. The maximum absolute atomic E-state index is 13.6. The molecule has 0 radical (unpaired) electrons. The monoisotopic (exact) mass is 459 g/mol. The summed E-state index contributed by atoms with van der Waals surface area (Å²) >= 11 is 1.43. The predicted molar refractivity (Wildman–Crippen MR) is 124 cm³/mol. The van der Waals surface area contributed by atoms with E-state index in [4.69, 9.17) is 23.6 Å². The normalized spacial score (nSPS) is 14.6. The summed E-state index contributed by atoms with van der Waals surface area (Å²) in [6.45, 7) is 8.46. The zero-order valence-corrected chi connectivity index (χ0v) is 19.8. The number of carbonyl (C=O) groups is 1. The summed E-state index contributed by atoms with van der Waals surface area (Å²) in [5, 5.41) is 0.619. The van der Waals surface area contributed by atoms with E-state index in [0.717, 1.165) is 44.0 Å². The largest absolute Gasteiger partial charge is 0.495 e. The first-order valence-corrected chi connectivity index (χ1v) is 11.5. The molecule has 9 heteroatoms. The number of thiazole rings is 1. The molecule has 1 fully saturated rings. The molecule has 0 bridgehead atoms. The smallest absolute Gasteiger partial charge is 0.263 e. The Morgan fingerprint density at radius 2 is 1.91 bits per heavy atom. The van der Waals surface area contributed by atoms with Crippen molar-refractivity contribution in [3.63, 3.8) is 0 Å². The molecule has 32 heavy (non-hydrogen) atoms. The van der Waals surface area contributed by atoms with E-state index in [2.05, 4.69) is 4.90 Å². The average molecular weight is 460 g/mol. The van der Waals surface area contributed by atoms with Crippen LogP contribution in [0.5, 0.6) is 11.5 Å². The Hall–Kier alpha value is -2.62. The van der Waals surface area contributed by atoms with Crippen molar-refractivity contribution in [2.24, 2.45) is 0 Å². The lowest BCUT2D eigenvalue weighted by Gasteiger charge is -2.27. The van der Waals surface area contributed by atoms with Gasteiger partial charge in [0.05, 0.1) is 33.0 Å². The average Bonchev–Trinajstić information content (AvgIpc) is 3.39. The van der Waals surface area contributed by atoms with Crippen LogP contribution in [0.3, 0.4) is 0 Å².